The Morgan fingerprint density at radius 2 is 1.94 bits per heavy atom. The van der Waals surface area contributed by atoms with E-state index in [9.17, 15) is 0 Å². The maximum absolute atomic E-state index is 5.65. The molecule has 0 aliphatic heterocycles. The molecule has 1 heterocycles. The molecular formula is C13H22ClNS. The molecule has 0 aromatic carbocycles. The van der Waals surface area contributed by atoms with Crippen molar-refractivity contribution >= 4 is 22.9 Å². The van der Waals surface area contributed by atoms with Crippen molar-refractivity contribution in [2.75, 3.05) is 19.5 Å². The van der Waals surface area contributed by atoms with E-state index in [1.54, 1.807) is 0 Å². The van der Waals surface area contributed by atoms with E-state index < -0.39 is 0 Å². The number of thiophene rings is 1. The standard InChI is InChI=1S/C13H22ClNS/c1-3-12-7-8-13(16-12)11-15(2)10-6-4-5-9-14/h7-8H,3-6,9-11H2,1-2H3. The molecular weight excluding hydrogens is 238 g/mol. The van der Waals surface area contributed by atoms with Crippen LogP contribution in [0.15, 0.2) is 12.1 Å². The molecule has 0 radical (unpaired) electrons. The first-order valence-corrected chi connectivity index (χ1v) is 7.43. The Bertz CT molecular complexity index is 285. The van der Waals surface area contributed by atoms with Crippen molar-refractivity contribution in [3.05, 3.63) is 21.9 Å². The average molecular weight is 260 g/mol. The molecule has 0 N–H and O–H groups in total. The SMILES string of the molecule is CCc1ccc(CN(C)CCCCCCl)s1. The second-order valence-corrected chi connectivity index (χ2v) is 5.84. The molecule has 0 aliphatic rings. The zero-order valence-electron chi connectivity index (χ0n) is 10.3. The van der Waals surface area contributed by atoms with Crippen LogP contribution in [0, 0.1) is 0 Å². The van der Waals surface area contributed by atoms with Gasteiger partial charge in [0.05, 0.1) is 0 Å². The minimum absolute atomic E-state index is 0.800. The summed E-state index contributed by atoms with van der Waals surface area (Å²) in [4.78, 5) is 5.38. The highest BCUT2D eigenvalue weighted by Crippen LogP contribution is 2.18. The summed E-state index contributed by atoms with van der Waals surface area (Å²) >= 11 is 7.60. The predicted molar refractivity (Wildman–Crippen MR) is 74.6 cm³/mol. The normalized spacial score (nSPS) is 11.2. The van der Waals surface area contributed by atoms with Gasteiger partial charge in [-0.1, -0.05) is 13.3 Å². The number of rotatable bonds is 8. The van der Waals surface area contributed by atoms with Gasteiger partial charge in [-0.05, 0) is 45.0 Å². The van der Waals surface area contributed by atoms with Crippen LogP contribution in [0.3, 0.4) is 0 Å². The Kier molecular flexibility index (Phi) is 7.10. The first kappa shape index (κ1) is 14.0. The molecule has 0 saturated heterocycles. The van der Waals surface area contributed by atoms with Gasteiger partial charge in [-0.3, -0.25) is 0 Å². The predicted octanol–water partition coefficient (Wildman–Crippen LogP) is 4.15. The van der Waals surface area contributed by atoms with Gasteiger partial charge in [-0.25, -0.2) is 0 Å². The molecule has 0 saturated carbocycles. The zero-order chi connectivity index (χ0) is 11.8. The third-order valence-corrected chi connectivity index (χ3v) is 4.15. The third kappa shape index (κ3) is 5.33. The van der Waals surface area contributed by atoms with E-state index in [1.807, 2.05) is 11.3 Å². The third-order valence-electron chi connectivity index (χ3n) is 2.66. The molecule has 1 rings (SSSR count). The summed E-state index contributed by atoms with van der Waals surface area (Å²) in [5, 5.41) is 0. The second kappa shape index (κ2) is 8.10. The lowest BCUT2D eigenvalue weighted by Gasteiger charge is -2.15. The summed E-state index contributed by atoms with van der Waals surface area (Å²) in [6, 6.07) is 4.51. The van der Waals surface area contributed by atoms with Gasteiger partial charge in [0.2, 0.25) is 0 Å². The van der Waals surface area contributed by atoms with Crippen molar-refractivity contribution in [2.45, 2.75) is 39.2 Å². The zero-order valence-corrected chi connectivity index (χ0v) is 11.9. The lowest BCUT2D eigenvalue weighted by molar-refractivity contribution is 0.321. The molecule has 0 bridgehead atoms. The summed E-state index contributed by atoms with van der Waals surface area (Å²) < 4.78 is 0. The first-order valence-electron chi connectivity index (χ1n) is 6.08. The van der Waals surface area contributed by atoms with Crippen LogP contribution in [0.4, 0.5) is 0 Å². The van der Waals surface area contributed by atoms with Gasteiger partial charge >= 0.3 is 0 Å². The smallest absolute Gasteiger partial charge is 0.0324 e. The fraction of sp³-hybridized carbons (Fsp3) is 0.692. The number of nitrogens with zero attached hydrogens (tertiary/aromatic N) is 1. The van der Waals surface area contributed by atoms with Crippen LogP contribution in [0.1, 0.15) is 35.9 Å². The molecule has 0 aliphatic carbocycles. The van der Waals surface area contributed by atoms with Crippen molar-refractivity contribution < 1.29 is 0 Å². The summed E-state index contributed by atoms with van der Waals surface area (Å²) in [7, 11) is 2.20. The van der Waals surface area contributed by atoms with Gasteiger partial charge in [0.25, 0.3) is 0 Å². The average Bonchev–Trinajstić information content (AvgIpc) is 2.72. The van der Waals surface area contributed by atoms with Crippen LogP contribution in [0.25, 0.3) is 0 Å². The quantitative estimate of drug-likeness (QED) is 0.501. The van der Waals surface area contributed by atoms with Gasteiger partial charge in [0, 0.05) is 22.2 Å². The topological polar surface area (TPSA) is 3.24 Å². The van der Waals surface area contributed by atoms with Crippen LogP contribution in [-0.4, -0.2) is 24.4 Å². The maximum Gasteiger partial charge on any atom is 0.0324 e. The molecule has 0 fully saturated rings. The van der Waals surface area contributed by atoms with E-state index in [0.29, 0.717) is 0 Å². The molecule has 1 aromatic heterocycles. The van der Waals surface area contributed by atoms with E-state index in [0.717, 1.165) is 25.3 Å². The number of halogens is 1. The lowest BCUT2D eigenvalue weighted by Crippen LogP contribution is -2.18. The van der Waals surface area contributed by atoms with Gasteiger partial charge in [-0.2, -0.15) is 0 Å². The van der Waals surface area contributed by atoms with Crippen LogP contribution < -0.4 is 0 Å². The number of unbranched alkanes of at least 4 members (excludes halogenated alkanes) is 2. The van der Waals surface area contributed by atoms with Crippen LogP contribution in [0.5, 0.6) is 0 Å². The minimum atomic E-state index is 0.800. The van der Waals surface area contributed by atoms with Gasteiger partial charge < -0.3 is 4.90 Å². The monoisotopic (exact) mass is 259 g/mol. The van der Waals surface area contributed by atoms with E-state index in [-0.39, 0.29) is 0 Å². The van der Waals surface area contributed by atoms with E-state index in [1.165, 1.54) is 29.1 Å². The van der Waals surface area contributed by atoms with Crippen LogP contribution >= 0.6 is 22.9 Å². The molecule has 1 aromatic rings. The van der Waals surface area contributed by atoms with Crippen molar-refractivity contribution in [2.24, 2.45) is 0 Å². The van der Waals surface area contributed by atoms with Gasteiger partial charge in [0.15, 0.2) is 0 Å². The molecule has 0 spiro atoms. The fourth-order valence-corrected chi connectivity index (χ4v) is 2.92. The number of hydrogen-bond donors (Lipinski definition) is 0. The van der Waals surface area contributed by atoms with Crippen molar-refractivity contribution in [1.29, 1.82) is 0 Å². The minimum Gasteiger partial charge on any atom is -0.301 e. The summed E-state index contributed by atoms with van der Waals surface area (Å²) in [6.45, 7) is 4.48. The fourth-order valence-electron chi connectivity index (χ4n) is 1.70. The Balaban J connectivity index is 2.20. The van der Waals surface area contributed by atoms with Crippen molar-refractivity contribution in [3.8, 4) is 0 Å². The second-order valence-electron chi connectivity index (χ2n) is 4.21. The molecule has 0 amide bonds. The molecule has 3 heteroatoms. The first-order chi connectivity index (χ1) is 7.76. The van der Waals surface area contributed by atoms with Crippen molar-refractivity contribution in [3.63, 3.8) is 0 Å². The van der Waals surface area contributed by atoms with E-state index in [4.69, 9.17) is 11.6 Å². The van der Waals surface area contributed by atoms with Crippen LogP contribution in [-0.2, 0) is 13.0 Å². The summed E-state index contributed by atoms with van der Waals surface area (Å²) in [5.74, 6) is 0.800. The highest BCUT2D eigenvalue weighted by molar-refractivity contribution is 7.11. The van der Waals surface area contributed by atoms with Crippen LogP contribution in [0.2, 0.25) is 0 Å². The lowest BCUT2D eigenvalue weighted by atomic mass is 10.2. The number of hydrogen-bond acceptors (Lipinski definition) is 2. The van der Waals surface area contributed by atoms with Crippen molar-refractivity contribution in [1.82, 2.24) is 4.90 Å². The summed E-state index contributed by atoms with van der Waals surface area (Å²) in [5.41, 5.74) is 0. The Hall–Kier alpha value is -0.0500. The Labute approximate surface area is 108 Å². The molecule has 1 nitrogen and oxygen atoms in total. The van der Waals surface area contributed by atoms with Gasteiger partial charge in [-0.15, -0.1) is 22.9 Å². The summed E-state index contributed by atoms with van der Waals surface area (Å²) in [6.07, 6.45) is 4.81. The highest BCUT2D eigenvalue weighted by Gasteiger charge is 2.02. The number of alkyl halides is 1. The largest absolute Gasteiger partial charge is 0.301 e. The molecule has 16 heavy (non-hydrogen) atoms. The molecule has 0 atom stereocenters. The Morgan fingerprint density at radius 1 is 1.19 bits per heavy atom. The molecule has 0 unspecified atom stereocenters. The van der Waals surface area contributed by atoms with Gasteiger partial charge in [0.1, 0.15) is 0 Å². The maximum atomic E-state index is 5.65. The number of aryl methyl sites for hydroxylation is 1. The highest BCUT2D eigenvalue weighted by atomic mass is 35.5. The molecule has 92 valence electrons. The van der Waals surface area contributed by atoms with E-state index >= 15 is 0 Å². The Morgan fingerprint density at radius 3 is 2.56 bits per heavy atom. The van der Waals surface area contributed by atoms with E-state index in [2.05, 4.69) is 31.0 Å².